The van der Waals surface area contributed by atoms with E-state index in [0.717, 1.165) is 17.7 Å². The van der Waals surface area contributed by atoms with Gasteiger partial charge in [-0.15, -0.1) is 0 Å². The van der Waals surface area contributed by atoms with Crippen molar-refractivity contribution in [2.45, 2.75) is 39.3 Å². The SMILES string of the molecule is CCC(NC(=O)c1ccc(OC(C)C)cc1)c1ccccc1. The van der Waals surface area contributed by atoms with Crippen molar-refractivity contribution in [1.82, 2.24) is 5.32 Å². The first-order chi connectivity index (χ1) is 10.6. The lowest BCUT2D eigenvalue weighted by Gasteiger charge is -2.17. The molecule has 0 aromatic heterocycles. The van der Waals surface area contributed by atoms with Gasteiger partial charge in [-0.3, -0.25) is 4.79 Å². The van der Waals surface area contributed by atoms with Crippen LogP contribution in [-0.2, 0) is 0 Å². The number of hydrogen-bond acceptors (Lipinski definition) is 2. The van der Waals surface area contributed by atoms with E-state index in [1.165, 1.54) is 0 Å². The average molecular weight is 297 g/mol. The molecule has 116 valence electrons. The van der Waals surface area contributed by atoms with Gasteiger partial charge in [-0.05, 0) is 50.1 Å². The maximum atomic E-state index is 12.4. The van der Waals surface area contributed by atoms with E-state index in [1.807, 2.05) is 56.3 Å². The first kappa shape index (κ1) is 16.1. The Morgan fingerprint density at radius 1 is 1.05 bits per heavy atom. The number of carbonyl (C=O) groups is 1. The van der Waals surface area contributed by atoms with Gasteiger partial charge in [0.2, 0.25) is 0 Å². The first-order valence-electron chi connectivity index (χ1n) is 7.72. The van der Waals surface area contributed by atoms with E-state index in [2.05, 4.69) is 12.2 Å². The van der Waals surface area contributed by atoms with Gasteiger partial charge in [-0.1, -0.05) is 37.3 Å². The van der Waals surface area contributed by atoms with Crippen LogP contribution in [0.4, 0.5) is 0 Å². The van der Waals surface area contributed by atoms with Crippen LogP contribution in [0.3, 0.4) is 0 Å². The smallest absolute Gasteiger partial charge is 0.251 e. The van der Waals surface area contributed by atoms with E-state index in [1.54, 1.807) is 12.1 Å². The summed E-state index contributed by atoms with van der Waals surface area (Å²) in [6, 6.07) is 17.3. The molecule has 1 unspecified atom stereocenters. The predicted octanol–water partition coefficient (Wildman–Crippen LogP) is 4.35. The van der Waals surface area contributed by atoms with E-state index < -0.39 is 0 Å². The van der Waals surface area contributed by atoms with Crippen LogP contribution in [-0.4, -0.2) is 12.0 Å². The van der Waals surface area contributed by atoms with Crippen molar-refractivity contribution >= 4 is 5.91 Å². The Labute approximate surface area is 132 Å². The largest absolute Gasteiger partial charge is 0.491 e. The van der Waals surface area contributed by atoms with Gasteiger partial charge in [-0.2, -0.15) is 0 Å². The molecule has 0 bridgehead atoms. The summed E-state index contributed by atoms with van der Waals surface area (Å²) in [6.45, 7) is 6.02. The molecule has 0 fully saturated rings. The molecular weight excluding hydrogens is 274 g/mol. The van der Waals surface area contributed by atoms with Crippen molar-refractivity contribution in [3.8, 4) is 5.75 Å². The molecule has 2 aromatic carbocycles. The third-order valence-corrected chi connectivity index (χ3v) is 3.40. The molecule has 0 aliphatic heterocycles. The second kappa shape index (κ2) is 7.64. The highest BCUT2D eigenvalue weighted by molar-refractivity contribution is 5.94. The molecule has 0 radical (unpaired) electrons. The minimum absolute atomic E-state index is 0.0280. The zero-order valence-corrected chi connectivity index (χ0v) is 13.4. The summed E-state index contributed by atoms with van der Waals surface area (Å²) in [4.78, 5) is 12.4. The maximum absolute atomic E-state index is 12.4. The number of amides is 1. The van der Waals surface area contributed by atoms with Crippen LogP contribution in [0.5, 0.6) is 5.75 Å². The second-order valence-electron chi connectivity index (χ2n) is 5.54. The minimum atomic E-state index is -0.0631. The molecule has 3 nitrogen and oxygen atoms in total. The molecule has 2 aromatic rings. The van der Waals surface area contributed by atoms with Gasteiger partial charge in [0.25, 0.3) is 5.91 Å². The van der Waals surface area contributed by atoms with Gasteiger partial charge < -0.3 is 10.1 Å². The molecule has 0 saturated heterocycles. The van der Waals surface area contributed by atoms with Crippen LogP contribution < -0.4 is 10.1 Å². The van der Waals surface area contributed by atoms with Gasteiger partial charge in [0.05, 0.1) is 12.1 Å². The topological polar surface area (TPSA) is 38.3 Å². The van der Waals surface area contributed by atoms with E-state index in [0.29, 0.717) is 5.56 Å². The average Bonchev–Trinajstić information content (AvgIpc) is 2.53. The van der Waals surface area contributed by atoms with Gasteiger partial charge in [-0.25, -0.2) is 0 Å². The van der Waals surface area contributed by atoms with Crippen molar-refractivity contribution in [3.63, 3.8) is 0 Å². The molecule has 0 aliphatic carbocycles. The number of hydrogen-bond donors (Lipinski definition) is 1. The number of rotatable bonds is 6. The molecule has 0 heterocycles. The van der Waals surface area contributed by atoms with Gasteiger partial charge in [0.1, 0.15) is 5.75 Å². The third-order valence-electron chi connectivity index (χ3n) is 3.40. The summed E-state index contributed by atoms with van der Waals surface area (Å²) >= 11 is 0. The monoisotopic (exact) mass is 297 g/mol. The molecule has 3 heteroatoms. The Balaban J connectivity index is 2.04. The van der Waals surface area contributed by atoms with Gasteiger partial charge in [0, 0.05) is 5.56 Å². The van der Waals surface area contributed by atoms with Crippen molar-refractivity contribution in [1.29, 1.82) is 0 Å². The molecule has 22 heavy (non-hydrogen) atoms. The summed E-state index contributed by atoms with van der Waals surface area (Å²) in [7, 11) is 0. The van der Waals surface area contributed by atoms with E-state index >= 15 is 0 Å². The first-order valence-corrected chi connectivity index (χ1v) is 7.72. The lowest BCUT2D eigenvalue weighted by Crippen LogP contribution is -2.28. The fourth-order valence-electron chi connectivity index (χ4n) is 2.31. The van der Waals surface area contributed by atoms with Crippen molar-refractivity contribution in [3.05, 3.63) is 65.7 Å². The molecular formula is C19H23NO2. The molecule has 2 rings (SSSR count). The molecule has 1 N–H and O–H groups in total. The highest BCUT2D eigenvalue weighted by atomic mass is 16.5. The Morgan fingerprint density at radius 3 is 2.23 bits per heavy atom. The number of nitrogens with one attached hydrogen (secondary N) is 1. The summed E-state index contributed by atoms with van der Waals surface area (Å²) in [5, 5.41) is 3.08. The lowest BCUT2D eigenvalue weighted by atomic mass is 10.0. The number of benzene rings is 2. The van der Waals surface area contributed by atoms with E-state index in [9.17, 15) is 4.79 Å². The Hall–Kier alpha value is -2.29. The maximum Gasteiger partial charge on any atom is 0.251 e. The quantitative estimate of drug-likeness (QED) is 0.860. The third kappa shape index (κ3) is 4.35. The van der Waals surface area contributed by atoms with Crippen LogP contribution in [0.1, 0.15) is 49.2 Å². The van der Waals surface area contributed by atoms with Gasteiger partial charge in [0.15, 0.2) is 0 Å². The molecule has 0 saturated carbocycles. The lowest BCUT2D eigenvalue weighted by molar-refractivity contribution is 0.0935. The van der Waals surface area contributed by atoms with Crippen LogP contribution in [0.15, 0.2) is 54.6 Å². The summed E-state index contributed by atoms with van der Waals surface area (Å²) in [6.07, 6.45) is 0.979. The van der Waals surface area contributed by atoms with E-state index in [4.69, 9.17) is 4.74 Å². The second-order valence-corrected chi connectivity index (χ2v) is 5.54. The Kier molecular flexibility index (Phi) is 5.59. The summed E-state index contributed by atoms with van der Waals surface area (Å²) < 4.78 is 5.59. The fourth-order valence-corrected chi connectivity index (χ4v) is 2.31. The molecule has 1 atom stereocenters. The standard InChI is InChI=1S/C19H23NO2/c1-4-18(15-8-6-5-7-9-15)20-19(21)16-10-12-17(13-11-16)22-14(2)3/h5-14,18H,4H2,1-3H3,(H,20,21). The zero-order chi connectivity index (χ0) is 15.9. The highest BCUT2D eigenvalue weighted by Gasteiger charge is 2.13. The number of carbonyl (C=O) groups excluding carboxylic acids is 1. The van der Waals surface area contributed by atoms with Crippen LogP contribution in [0.25, 0.3) is 0 Å². The molecule has 1 amide bonds. The zero-order valence-electron chi connectivity index (χ0n) is 13.4. The normalized spacial score (nSPS) is 12.0. The Bertz CT molecular complexity index is 591. The van der Waals surface area contributed by atoms with E-state index in [-0.39, 0.29) is 18.1 Å². The van der Waals surface area contributed by atoms with Crippen molar-refractivity contribution in [2.24, 2.45) is 0 Å². The minimum Gasteiger partial charge on any atom is -0.491 e. The van der Waals surface area contributed by atoms with Crippen LogP contribution in [0.2, 0.25) is 0 Å². The number of ether oxygens (including phenoxy) is 1. The summed E-state index contributed by atoms with van der Waals surface area (Å²) in [5.41, 5.74) is 1.77. The molecule has 0 aliphatic rings. The highest BCUT2D eigenvalue weighted by Crippen LogP contribution is 2.18. The van der Waals surface area contributed by atoms with Crippen molar-refractivity contribution < 1.29 is 9.53 Å². The summed E-state index contributed by atoms with van der Waals surface area (Å²) in [5.74, 6) is 0.716. The van der Waals surface area contributed by atoms with Crippen LogP contribution in [0, 0.1) is 0 Å². The predicted molar refractivity (Wildman–Crippen MR) is 89.1 cm³/mol. The fraction of sp³-hybridized carbons (Fsp3) is 0.316. The van der Waals surface area contributed by atoms with Crippen molar-refractivity contribution in [2.75, 3.05) is 0 Å². The molecule has 0 spiro atoms. The van der Waals surface area contributed by atoms with Crippen LogP contribution >= 0.6 is 0 Å². The van der Waals surface area contributed by atoms with Gasteiger partial charge >= 0.3 is 0 Å². The Morgan fingerprint density at radius 2 is 1.68 bits per heavy atom.